The minimum atomic E-state index is -3.65. The summed E-state index contributed by atoms with van der Waals surface area (Å²) in [5.74, 6) is -0.519. The van der Waals surface area contributed by atoms with Crippen molar-refractivity contribution < 1.29 is 17.6 Å². The molecule has 2 aromatic rings. The van der Waals surface area contributed by atoms with Crippen LogP contribution in [0.15, 0.2) is 46.7 Å². The van der Waals surface area contributed by atoms with Crippen molar-refractivity contribution in [1.29, 1.82) is 0 Å². The van der Waals surface area contributed by atoms with Gasteiger partial charge in [0.1, 0.15) is 5.82 Å². The van der Waals surface area contributed by atoms with Gasteiger partial charge in [0.2, 0.25) is 15.9 Å². The lowest BCUT2D eigenvalue weighted by Crippen LogP contribution is -2.55. The fourth-order valence-electron chi connectivity index (χ4n) is 3.16. The summed E-state index contributed by atoms with van der Waals surface area (Å²) in [6, 6.07) is 8.56. The van der Waals surface area contributed by atoms with E-state index in [1.807, 2.05) is 29.3 Å². The predicted octanol–water partition coefficient (Wildman–Crippen LogP) is 1.94. The van der Waals surface area contributed by atoms with Crippen LogP contribution in [0.5, 0.6) is 0 Å². The molecule has 152 valence electrons. The van der Waals surface area contributed by atoms with Crippen LogP contribution >= 0.6 is 11.3 Å². The summed E-state index contributed by atoms with van der Waals surface area (Å²) in [6.45, 7) is 3.96. The van der Waals surface area contributed by atoms with E-state index in [2.05, 4.69) is 5.32 Å². The summed E-state index contributed by atoms with van der Waals surface area (Å²) in [4.78, 5) is 15.7. The fourth-order valence-corrected chi connectivity index (χ4v) is 5.30. The minimum Gasteiger partial charge on any atom is -0.354 e. The summed E-state index contributed by atoms with van der Waals surface area (Å²) >= 11 is 1.67. The number of thiophene rings is 1. The number of hydrogen-bond acceptors (Lipinski definition) is 5. The first-order chi connectivity index (χ1) is 13.4. The molecule has 0 spiro atoms. The number of sulfonamides is 1. The number of carbonyl (C=O) groups is 1. The van der Waals surface area contributed by atoms with Gasteiger partial charge in [-0.1, -0.05) is 6.07 Å². The maximum Gasteiger partial charge on any atom is 0.243 e. The van der Waals surface area contributed by atoms with Crippen LogP contribution in [0.2, 0.25) is 0 Å². The van der Waals surface area contributed by atoms with Crippen molar-refractivity contribution in [3.05, 3.63) is 52.5 Å². The first-order valence-electron chi connectivity index (χ1n) is 9.18. The Hall–Kier alpha value is -1.81. The maximum atomic E-state index is 13.0. The topological polar surface area (TPSA) is 69.7 Å². The standard InChI is InChI=1S/C19H24FN3O3S2/c1-15(19(24)21-9-8-17-3-2-14-27-17)22-10-12-23(13-11-22)28(25,26)18-6-4-16(20)5-7-18/h2-7,14-15H,8-13H2,1H3,(H,21,24). The van der Waals surface area contributed by atoms with E-state index in [-0.39, 0.29) is 16.8 Å². The van der Waals surface area contributed by atoms with Crippen molar-refractivity contribution >= 4 is 27.3 Å². The Balaban J connectivity index is 1.49. The van der Waals surface area contributed by atoms with Gasteiger partial charge >= 0.3 is 0 Å². The Labute approximate surface area is 169 Å². The molecule has 0 bridgehead atoms. The average Bonchev–Trinajstić information content (AvgIpc) is 3.21. The van der Waals surface area contributed by atoms with Gasteiger partial charge in [0.15, 0.2) is 0 Å². The van der Waals surface area contributed by atoms with Crippen molar-refractivity contribution in [2.24, 2.45) is 0 Å². The number of piperazine rings is 1. The highest BCUT2D eigenvalue weighted by Gasteiger charge is 2.31. The molecular weight excluding hydrogens is 401 g/mol. The Morgan fingerprint density at radius 3 is 2.46 bits per heavy atom. The van der Waals surface area contributed by atoms with Crippen molar-refractivity contribution in [1.82, 2.24) is 14.5 Å². The highest BCUT2D eigenvalue weighted by atomic mass is 32.2. The molecule has 1 aliphatic rings. The predicted molar refractivity (Wildman–Crippen MR) is 107 cm³/mol. The van der Waals surface area contributed by atoms with E-state index in [1.165, 1.54) is 21.3 Å². The lowest BCUT2D eigenvalue weighted by Gasteiger charge is -2.36. The number of nitrogens with zero attached hydrogens (tertiary/aromatic N) is 2. The van der Waals surface area contributed by atoms with Crippen LogP contribution < -0.4 is 5.32 Å². The van der Waals surface area contributed by atoms with Gasteiger partial charge < -0.3 is 5.32 Å². The third kappa shape index (κ3) is 4.96. The smallest absolute Gasteiger partial charge is 0.243 e. The molecule has 1 aromatic heterocycles. The van der Waals surface area contributed by atoms with Crippen LogP contribution in [0.25, 0.3) is 0 Å². The monoisotopic (exact) mass is 425 g/mol. The van der Waals surface area contributed by atoms with Gasteiger partial charge in [-0.2, -0.15) is 4.31 Å². The van der Waals surface area contributed by atoms with Crippen molar-refractivity contribution in [3.8, 4) is 0 Å². The van der Waals surface area contributed by atoms with Crippen LogP contribution in [-0.2, 0) is 21.2 Å². The molecular formula is C19H24FN3O3S2. The van der Waals surface area contributed by atoms with Crippen LogP contribution in [0.1, 0.15) is 11.8 Å². The molecule has 9 heteroatoms. The second-order valence-corrected chi connectivity index (χ2v) is 9.66. The van der Waals surface area contributed by atoms with E-state index in [9.17, 15) is 17.6 Å². The van der Waals surface area contributed by atoms with Crippen molar-refractivity contribution in [3.63, 3.8) is 0 Å². The van der Waals surface area contributed by atoms with Crippen LogP contribution in [0.4, 0.5) is 4.39 Å². The zero-order valence-electron chi connectivity index (χ0n) is 15.7. The molecule has 0 aliphatic carbocycles. The normalized spacial score (nSPS) is 17.4. The lowest BCUT2D eigenvalue weighted by atomic mass is 10.2. The van der Waals surface area contributed by atoms with Crippen molar-refractivity contribution in [2.75, 3.05) is 32.7 Å². The van der Waals surface area contributed by atoms with Gasteiger partial charge in [0, 0.05) is 37.6 Å². The summed E-state index contributed by atoms with van der Waals surface area (Å²) in [6.07, 6.45) is 0.805. The van der Waals surface area contributed by atoms with Gasteiger partial charge in [-0.05, 0) is 49.1 Å². The molecule has 6 nitrogen and oxygen atoms in total. The van der Waals surface area contributed by atoms with E-state index >= 15 is 0 Å². The van der Waals surface area contributed by atoms with Gasteiger partial charge in [0.25, 0.3) is 0 Å². The second kappa shape index (κ2) is 9.13. The largest absolute Gasteiger partial charge is 0.354 e. The lowest BCUT2D eigenvalue weighted by molar-refractivity contribution is -0.126. The average molecular weight is 426 g/mol. The molecule has 0 saturated carbocycles. The molecule has 0 radical (unpaired) electrons. The summed E-state index contributed by atoms with van der Waals surface area (Å²) < 4.78 is 39.8. The highest BCUT2D eigenvalue weighted by Crippen LogP contribution is 2.19. The Bertz CT molecular complexity index is 878. The quantitative estimate of drug-likeness (QED) is 0.736. The Kier molecular flexibility index (Phi) is 6.82. The molecule has 1 fully saturated rings. The molecule has 1 saturated heterocycles. The zero-order valence-corrected chi connectivity index (χ0v) is 17.3. The highest BCUT2D eigenvalue weighted by molar-refractivity contribution is 7.89. The molecule has 28 heavy (non-hydrogen) atoms. The third-order valence-electron chi connectivity index (χ3n) is 4.90. The number of benzene rings is 1. The van der Waals surface area contributed by atoms with E-state index in [1.54, 1.807) is 11.3 Å². The number of halogens is 1. The third-order valence-corrected chi connectivity index (χ3v) is 7.75. The van der Waals surface area contributed by atoms with Gasteiger partial charge in [-0.3, -0.25) is 9.69 Å². The molecule has 2 heterocycles. The van der Waals surface area contributed by atoms with Crippen molar-refractivity contribution in [2.45, 2.75) is 24.3 Å². The maximum absolute atomic E-state index is 13.0. The first kappa shape index (κ1) is 20.9. The fraction of sp³-hybridized carbons (Fsp3) is 0.421. The van der Waals surface area contributed by atoms with Crippen LogP contribution in [-0.4, -0.2) is 62.3 Å². The van der Waals surface area contributed by atoms with E-state index in [4.69, 9.17) is 0 Å². The van der Waals surface area contributed by atoms with Crippen LogP contribution in [0, 0.1) is 5.82 Å². The number of amides is 1. The molecule has 1 amide bonds. The molecule has 1 aliphatic heterocycles. The Morgan fingerprint density at radius 1 is 1.18 bits per heavy atom. The molecule has 3 rings (SSSR count). The molecule has 1 aromatic carbocycles. The zero-order chi connectivity index (χ0) is 20.1. The first-order valence-corrected chi connectivity index (χ1v) is 11.5. The van der Waals surface area contributed by atoms with Crippen LogP contribution in [0.3, 0.4) is 0 Å². The number of carbonyl (C=O) groups excluding carboxylic acids is 1. The number of nitrogens with one attached hydrogen (secondary N) is 1. The Morgan fingerprint density at radius 2 is 1.86 bits per heavy atom. The number of hydrogen-bond donors (Lipinski definition) is 1. The van der Waals surface area contributed by atoms with E-state index in [0.29, 0.717) is 32.7 Å². The van der Waals surface area contributed by atoms with Gasteiger partial charge in [-0.25, -0.2) is 12.8 Å². The van der Waals surface area contributed by atoms with E-state index in [0.717, 1.165) is 18.6 Å². The summed E-state index contributed by atoms with van der Waals surface area (Å²) in [5, 5.41) is 4.96. The molecule has 1 N–H and O–H groups in total. The molecule has 1 atom stereocenters. The van der Waals surface area contributed by atoms with Gasteiger partial charge in [-0.15, -0.1) is 11.3 Å². The number of rotatable bonds is 7. The minimum absolute atomic E-state index is 0.0496. The summed E-state index contributed by atoms with van der Waals surface area (Å²) in [5.41, 5.74) is 0. The molecule has 1 unspecified atom stereocenters. The van der Waals surface area contributed by atoms with E-state index < -0.39 is 15.8 Å². The summed E-state index contributed by atoms with van der Waals surface area (Å²) in [7, 11) is -3.65. The SMILES string of the molecule is CC(C(=O)NCCc1cccs1)N1CCN(S(=O)(=O)c2ccc(F)cc2)CC1. The second-order valence-electron chi connectivity index (χ2n) is 6.69. The van der Waals surface area contributed by atoms with Gasteiger partial charge in [0.05, 0.1) is 10.9 Å².